The highest BCUT2D eigenvalue weighted by Gasteiger charge is 2.26. The summed E-state index contributed by atoms with van der Waals surface area (Å²) in [7, 11) is 0. The van der Waals surface area contributed by atoms with Gasteiger partial charge in [0.2, 0.25) is 0 Å². The van der Waals surface area contributed by atoms with Crippen LogP contribution < -0.4 is 10.5 Å². The molecule has 1 saturated heterocycles. The summed E-state index contributed by atoms with van der Waals surface area (Å²) < 4.78 is 12.6. The molecule has 1 aliphatic heterocycles. The van der Waals surface area contributed by atoms with E-state index in [9.17, 15) is 9.90 Å². The number of hydrogen-bond donors (Lipinski definition) is 2. The molecule has 154 valence electrons. The fourth-order valence-corrected chi connectivity index (χ4v) is 3.79. The van der Waals surface area contributed by atoms with Crippen LogP contribution in [-0.2, 0) is 6.54 Å². The number of nitrogen functional groups attached to an aromatic ring is 1. The summed E-state index contributed by atoms with van der Waals surface area (Å²) in [6.07, 6.45) is 2.35. The molecular weight excluding hydrogens is 402 g/mol. The molecule has 4 heterocycles. The van der Waals surface area contributed by atoms with E-state index >= 15 is 0 Å². The normalized spacial score (nSPS) is 17.0. The Balaban J connectivity index is 1.66. The second-order valence-corrected chi connectivity index (χ2v) is 7.19. The molecule has 29 heavy (non-hydrogen) atoms. The first-order valence-corrected chi connectivity index (χ1v) is 9.61. The van der Waals surface area contributed by atoms with Crippen molar-refractivity contribution in [2.45, 2.75) is 26.3 Å². The molecule has 12 heteroatoms. The van der Waals surface area contributed by atoms with E-state index in [1.165, 1.54) is 4.90 Å². The van der Waals surface area contributed by atoms with Crippen molar-refractivity contribution in [3.05, 3.63) is 11.3 Å². The first kappa shape index (κ1) is 19.2. The van der Waals surface area contributed by atoms with Gasteiger partial charge in [0.1, 0.15) is 11.0 Å². The molecule has 3 N–H and O–H groups in total. The van der Waals surface area contributed by atoms with Crippen molar-refractivity contribution in [2.75, 3.05) is 25.4 Å². The number of carboxylic acid groups (broad SMARTS) is 1. The lowest BCUT2D eigenvalue weighted by molar-refractivity contribution is 0.105. The van der Waals surface area contributed by atoms with Crippen LogP contribution in [0.4, 0.5) is 10.6 Å². The minimum Gasteiger partial charge on any atom is -0.489 e. The number of aryl methyl sites for hydroxylation is 1. The van der Waals surface area contributed by atoms with Crippen molar-refractivity contribution in [2.24, 2.45) is 5.92 Å². The maximum atomic E-state index is 11.2. The Morgan fingerprint density at radius 1 is 1.48 bits per heavy atom. The van der Waals surface area contributed by atoms with Gasteiger partial charge in [-0.25, -0.2) is 19.4 Å². The zero-order chi connectivity index (χ0) is 20.5. The van der Waals surface area contributed by atoms with Crippen molar-refractivity contribution < 1.29 is 19.3 Å². The highest BCUT2D eigenvalue weighted by molar-refractivity contribution is 6.34. The molecule has 4 rings (SSSR count). The van der Waals surface area contributed by atoms with Crippen LogP contribution in [0.1, 0.15) is 19.8 Å². The van der Waals surface area contributed by atoms with E-state index in [1.807, 2.05) is 11.5 Å². The first-order chi connectivity index (χ1) is 14.0. The third-order valence-corrected chi connectivity index (χ3v) is 5.27. The number of aromatic nitrogens is 5. The highest BCUT2D eigenvalue weighted by Crippen LogP contribution is 2.35. The fraction of sp³-hybridized carbons (Fsp3) is 0.471. The molecule has 0 bridgehead atoms. The molecule has 0 saturated carbocycles. The Kier molecular flexibility index (Phi) is 5.14. The van der Waals surface area contributed by atoms with Crippen molar-refractivity contribution >= 4 is 34.5 Å². The smallest absolute Gasteiger partial charge is 0.407 e. The van der Waals surface area contributed by atoms with Crippen molar-refractivity contribution in [3.8, 4) is 17.3 Å². The number of ether oxygens (including phenoxy) is 1. The summed E-state index contributed by atoms with van der Waals surface area (Å²) in [6, 6.07) is 0. The average Bonchev–Trinajstić information content (AvgIpc) is 3.31. The second kappa shape index (κ2) is 7.74. The van der Waals surface area contributed by atoms with Crippen LogP contribution in [0.15, 0.2) is 10.8 Å². The van der Waals surface area contributed by atoms with E-state index in [2.05, 4.69) is 20.3 Å². The summed E-state index contributed by atoms with van der Waals surface area (Å²) in [5, 5.41) is 16.9. The zero-order valence-electron chi connectivity index (χ0n) is 15.7. The number of hydrogen-bond acceptors (Lipinski definition) is 8. The lowest BCUT2D eigenvalue weighted by atomic mass is 9.99. The molecule has 0 aliphatic carbocycles. The van der Waals surface area contributed by atoms with Crippen LogP contribution in [0.2, 0.25) is 5.15 Å². The number of nitrogens with zero attached hydrogens (tertiary/aromatic N) is 6. The number of amides is 1. The largest absolute Gasteiger partial charge is 0.489 e. The van der Waals surface area contributed by atoms with Gasteiger partial charge in [-0.1, -0.05) is 11.6 Å². The number of imidazole rings is 1. The van der Waals surface area contributed by atoms with E-state index in [1.54, 1.807) is 6.20 Å². The molecule has 3 aromatic rings. The van der Waals surface area contributed by atoms with Gasteiger partial charge in [0, 0.05) is 25.6 Å². The van der Waals surface area contributed by atoms with Gasteiger partial charge in [-0.05, 0) is 30.1 Å². The van der Waals surface area contributed by atoms with Crippen molar-refractivity contribution in [1.29, 1.82) is 0 Å². The Morgan fingerprint density at radius 3 is 3.00 bits per heavy atom. The van der Waals surface area contributed by atoms with E-state index in [-0.39, 0.29) is 16.9 Å². The van der Waals surface area contributed by atoms with Gasteiger partial charge in [0.05, 0.1) is 12.8 Å². The van der Waals surface area contributed by atoms with Gasteiger partial charge in [0.25, 0.3) is 0 Å². The van der Waals surface area contributed by atoms with Crippen molar-refractivity contribution in [1.82, 2.24) is 29.7 Å². The molecule has 1 amide bonds. The van der Waals surface area contributed by atoms with Crippen LogP contribution in [0.25, 0.3) is 22.6 Å². The quantitative estimate of drug-likeness (QED) is 0.593. The van der Waals surface area contributed by atoms with Gasteiger partial charge in [-0.3, -0.25) is 0 Å². The molecule has 1 aliphatic rings. The Morgan fingerprint density at radius 2 is 2.31 bits per heavy atom. The molecule has 0 aromatic carbocycles. The van der Waals surface area contributed by atoms with Gasteiger partial charge < -0.3 is 25.0 Å². The lowest BCUT2D eigenvalue weighted by Crippen LogP contribution is -2.40. The molecule has 11 nitrogen and oxygen atoms in total. The number of rotatable bonds is 5. The Hall–Kier alpha value is -3.08. The topological polar surface area (TPSA) is 145 Å². The summed E-state index contributed by atoms with van der Waals surface area (Å²) in [4.78, 5) is 21.4. The molecule has 0 radical (unpaired) electrons. The number of anilines is 1. The first-order valence-electron chi connectivity index (χ1n) is 9.23. The molecule has 1 atom stereocenters. The van der Waals surface area contributed by atoms with E-state index in [0.717, 1.165) is 12.8 Å². The number of nitrogens with two attached hydrogens (primary N) is 1. The number of carbonyl (C=O) groups is 1. The molecule has 0 spiro atoms. The van der Waals surface area contributed by atoms with Crippen molar-refractivity contribution in [3.63, 3.8) is 0 Å². The van der Waals surface area contributed by atoms with Crippen LogP contribution in [0.3, 0.4) is 0 Å². The highest BCUT2D eigenvalue weighted by atomic mass is 35.5. The monoisotopic (exact) mass is 421 g/mol. The number of piperidine rings is 1. The number of pyridine rings is 1. The summed E-state index contributed by atoms with van der Waals surface area (Å²) >= 11 is 6.27. The van der Waals surface area contributed by atoms with Crippen LogP contribution in [0.5, 0.6) is 5.75 Å². The minimum atomic E-state index is -0.905. The van der Waals surface area contributed by atoms with E-state index < -0.39 is 6.09 Å². The summed E-state index contributed by atoms with van der Waals surface area (Å²) in [5.74, 6) is 1.18. The maximum absolute atomic E-state index is 11.2. The minimum absolute atomic E-state index is 0.0958. The maximum Gasteiger partial charge on any atom is 0.407 e. The van der Waals surface area contributed by atoms with E-state index in [4.69, 9.17) is 26.7 Å². The average molecular weight is 422 g/mol. The zero-order valence-corrected chi connectivity index (χ0v) is 16.5. The predicted octanol–water partition coefficient (Wildman–Crippen LogP) is 2.51. The van der Waals surface area contributed by atoms with Gasteiger partial charge in [-0.2, -0.15) is 0 Å². The SMILES string of the molecule is CCn1c(-c2nonc2N)nc2c(Cl)ncc(OCC3CCCN(C(=O)O)C3)c21. The van der Waals surface area contributed by atoms with Gasteiger partial charge in [-0.15, -0.1) is 0 Å². The fourth-order valence-electron chi connectivity index (χ4n) is 3.61. The predicted molar refractivity (Wildman–Crippen MR) is 104 cm³/mol. The number of fused-ring (bicyclic) bond motifs is 1. The number of halogens is 1. The number of likely N-dealkylation sites (tertiary alicyclic amines) is 1. The lowest BCUT2D eigenvalue weighted by Gasteiger charge is -2.30. The van der Waals surface area contributed by atoms with E-state index in [0.29, 0.717) is 54.5 Å². The Labute approximate surface area is 170 Å². The molecule has 1 fully saturated rings. The van der Waals surface area contributed by atoms with Crippen LogP contribution >= 0.6 is 11.6 Å². The molecule has 3 aromatic heterocycles. The van der Waals surface area contributed by atoms with Crippen LogP contribution in [0, 0.1) is 5.92 Å². The third-order valence-electron chi connectivity index (χ3n) is 5.00. The summed E-state index contributed by atoms with van der Waals surface area (Å²) in [6.45, 7) is 3.85. The second-order valence-electron chi connectivity index (χ2n) is 6.84. The van der Waals surface area contributed by atoms with Gasteiger partial charge in [0.15, 0.2) is 28.2 Å². The third kappa shape index (κ3) is 3.53. The molecule has 1 unspecified atom stereocenters. The standard InChI is InChI=1S/C17H20ClN7O4/c1-2-25-13-10(28-8-9-4-3-5-24(7-9)17(26)27)6-20-14(18)11(13)21-16(25)12-15(19)23-29-22-12/h6,9H,2-5,7-8H2,1H3,(H2,19,23)(H,26,27). The van der Waals surface area contributed by atoms with Gasteiger partial charge >= 0.3 is 6.09 Å². The summed E-state index contributed by atoms with van der Waals surface area (Å²) in [5.41, 5.74) is 7.27. The van der Waals surface area contributed by atoms with Crippen LogP contribution in [-0.4, -0.2) is 60.6 Å². The molecular formula is C17H20ClN7O4. The Bertz CT molecular complexity index is 1050.